The van der Waals surface area contributed by atoms with Gasteiger partial charge in [0.05, 0.1) is 39.8 Å². The summed E-state index contributed by atoms with van der Waals surface area (Å²) in [6.07, 6.45) is -1.29. The Morgan fingerprint density at radius 2 is 1.74 bits per heavy atom. The van der Waals surface area contributed by atoms with Crippen molar-refractivity contribution in [2.24, 2.45) is 28.4 Å². The number of carboxylic acids is 1. The first-order chi connectivity index (χ1) is 16.4. The number of carbonyl (C=O) groups excluding carboxylic acids is 2. The van der Waals surface area contributed by atoms with Crippen LogP contribution in [-0.4, -0.2) is 66.8 Å². The quantitative estimate of drug-likeness (QED) is 0.578. The third-order valence-corrected chi connectivity index (χ3v) is 10.0. The fourth-order valence-electron chi connectivity index (χ4n) is 6.12. The highest BCUT2D eigenvalue weighted by Crippen LogP contribution is 2.68. The van der Waals surface area contributed by atoms with Gasteiger partial charge in [-0.05, 0) is 45.2 Å². The van der Waals surface area contributed by atoms with E-state index in [0.717, 1.165) is 0 Å². The van der Waals surface area contributed by atoms with Gasteiger partial charge < -0.3 is 20.5 Å². The van der Waals surface area contributed by atoms with Crippen molar-refractivity contribution in [3.8, 4) is 6.07 Å². The first-order valence-corrected chi connectivity index (χ1v) is 13.1. The molecule has 11 heteroatoms. The van der Waals surface area contributed by atoms with Crippen LogP contribution >= 0.6 is 0 Å². The second-order valence-electron chi connectivity index (χ2n) is 10.0. The minimum absolute atomic E-state index is 0.0308. The van der Waals surface area contributed by atoms with E-state index in [2.05, 4.69) is 0 Å². The zero-order valence-electron chi connectivity index (χ0n) is 19.6. The summed E-state index contributed by atoms with van der Waals surface area (Å²) in [5.74, 6) is -5.14. The molecule has 188 valence electrons. The number of benzene rings is 1. The number of morpholine rings is 1. The van der Waals surface area contributed by atoms with E-state index in [0.29, 0.717) is 0 Å². The van der Waals surface area contributed by atoms with Gasteiger partial charge in [-0.1, -0.05) is 18.2 Å². The summed E-state index contributed by atoms with van der Waals surface area (Å²) in [5, 5.41) is 19.1. The molecule has 1 aromatic rings. The number of aliphatic carboxylic acids is 1. The molecule has 2 saturated carbocycles. The highest BCUT2D eigenvalue weighted by atomic mass is 32.2. The van der Waals surface area contributed by atoms with Gasteiger partial charge in [0, 0.05) is 19.0 Å². The summed E-state index contributed by atoms with van der Waals surface area (Å²) in [5.41, 5.74) is 1.83. The first-order valence-electron chi connectivity index (χ1n) is 11.6. The molecule has 3 N–H and O–H groups in total. The van der Waals surface area contributed by atoms with E-state index in [-0.39, 0.29) is 49.5 Å². The summed E-state index contributed by atoms with van der Waals surface area (Å²) in [6.45, 7) is 4.06. The van der Waals surface area contributed by atoms with Crippen molar-refractivity contribution in [2.45, 2.75) is 55.5 Å². The van der Waals surface area contributed by atoms with Gasteiger partial charge >= 0.3 is 5.97 Å². The molecule has 1 aliphatic heterocycles. The molecule has 3 fully saturated rings. The van der Waals surface area contributed by atoms with Crippen LogP contribution in [0.5, 0.6) is 0 Å². The van der Waals surface area contributed by atoms with E-state index in [4.69, 9.17) is 10.5 Å². The van der Waals surface area contributed by atoms with Crippen LogP contribution in [0.1, 0.15) is 33.1 Å². The number of nitriles is 1. The predicted octanol–water partition coefficient (Wildman–Crippen LogP) is 0.961. The third kappa shape index (κ3) is 3.89. The number of nitrogens with two attached hydrogens (primary N) is 1. The zero-order valence-corrected chi connectivity index (χ0v) is 20.4. The van der Waals surface area contributed by atoms with E-state index < -0.39 is 55.5 Å². The fraction of sp³-hybridized carbons (Fsp3) is 0.583. The maximum atomic E-state index is 13.8. The molecule has 35 heavy (non-hydrogen) atoms. The van der Waals surface area contributed by atoms with E-state index in [9.17, 15) is 33.2 Å². The lowest BCUT2D eigenvalue weighted by Crippen LogP contribution is -2.54. The molecule has 1 heterocycles. The summed E-state index contributed by atoms with van der Waals surface area (Å²) >= 11 is 0. The second kappa shape index (κ2) is 8.60. The van der Waals surface area contributed by atoms with Crippen LogP contribution in [-0.2, 0) is 29.0 Å². The molecule has 2 aliphatic carbocycles. The van der Waals surface area contributed by atoms with Crippen molar-refractivity contribution in [2.75, 3.05) is 13.1 Å². The molecule has 0 aromatic heterocycles. The molecule has 1 aromatic carbocycles. The van der Waals surface area contributed by atoms with Crippen molar-refractivity contribution >= 4 is 27.6 Å². The Morgan fingerprint density at radius 1 is 1.14 bits per heavy atom. The maximum absolute atomic E-state index is 13.8. The van der Waals surface area contributed by atoms with Crippen molar-refractivity contribution < 1.29 is 32.6 Å². The van der Waals surface area contributed by atoms with Gasteiger partial charge in [0.15, 0.2) is 9.84 Å². The largest absolute Gasteiger partial charge is 0.481 e. The SMILES string of the molecule is C[C@@H]1CN(C(=O)[C@@H]2C[C@@H](S(=O)(=O)c3ccccc3)C[C@@]2(C(=O)O)C2CC2(C#N)C(N)=O)C[C@H](C)O1. The van der Waals surface area contributed by atoms with Crippen LogP contribution in [0.4, 0.5) is 0 Å². The Hall–Kier alpha value is -2.97. The smallest absolute Gasteiger partial charge is 0.310 e. The molecule has 1 saturated heterocycles. The van der Waals surface area contributed by atoms with Gasteiger partial charge in [-0.3, -0.25) is 14.4 Å². The standard InChI is InChI=1S/C24H29N3O7S/c1-14-11-27(12-15(2)34-14)20(28)18-8-17(35(32,33)16-6-4-3-5-7-16)9-24(18,22(30)31)19-10-23(19,13-25)21(26)29/h3-7,14-15,17-19H,8-12H2,1-2H3,(H2,26,29)(H,30,31)/t14-,15+,17-,18+,19?,23?,24+/m1/s1. The van der Waals surface area contributed by atoms with Gasteiger partial charge in [-0.25, -0.2) is 8.42 Å². The molecule has 2 amide bonds. The van der Waals surface area contributed by atoms with Gasteiger partial charge in [0.1, 0.15) is 5.41 Å². The Labute approximate surface area is 203 Å². The molecular weight excluding hydrogens is 474 g/mol. The molecular formula is C24H29N3O7S. The van der Waals surface area contributed by atoms with Crippen molar-refractivity contribution in [3.05, 3.63) is 30.3 Å². The summed E-state index contributed by atoms with van der Waals surface area (Å²) in [4.78, 5) is 40.5. The molecule has 0 radical (unpaired) electrons. The Morgan fingerprint density at radius 3 is 2.23 bits per heavy atom. The van der Waals surface area contributed by atoms with Crippen LogP contribution < -0.4 is 5.73 Å². The topological polar surface area (TPSA) is 168 Å². The Kier molecular flexibility index (Phi) is 6.18. The molecule has 7 atom stereocenters. The average molecular weight is 504 g/mol. The first kappa shape index (κ1) is 25.1. The number of carbonyl (C=O) groups is 3. The normalized spacial score (nSPS) is 36.8. The average Bonchev–Trinajstić information content (AvgIpc) is 3.43. The minimum atomic E-state index is -3.99. The number of hydrogen-bond acceptors (Lipinski definition) is 7. The molecule has 0 bridgehead atoms. The summed E-state index contributed by atoms with van der Waals surface area (Å²) in [6, 6.07) is 9.53. The number of amides is 2. The lowest BCUT2D eigenvalue weighted by molar-refractivity contribution is -0.164. The van der Waals surface area contributed by atoms with Crippen molar-refractivity contribution in [3.63, 3.8) is 0 Å². The number of hydrogen-bond donors (Lipinski definition) is 2. The fourth-order valence-corrected chi connectivity index (χ4v) is 7.98. The summed E-state index contributed by atoms with van der Waals surface area (Å²) < 4.78 is 32.7. The Bertz CT molecular complexity index is 1190. The highest BCUT2D eigenvalue weighted by Gasteiger charge is 2.76. The maximum Gasteiger partial charge on any atom is 0.310 e. The van der Waals surface area contributed by atoms with E-state index in [1.807, 2.05) is 6.07 Å². The van der Waals surface area contributed by atoms with E-state index >= 15 is 0 Å². The lowest BCUT2D eigenvalue weighted by Gasteiger charge is -2.40. The number of rotatable bonds is 6. The van der Waals surface area contributed by atoms with Gasteiger partial charge in [0.2, 0.25) is 11.8 Å². The van der Waals surface area contributed by atoms with Crippen LogP contribution in [0, 0.1) is 34.0 Å². The molecule has 0 spiro atoms. The zero-order chi connectivity index (χ0) is 25.8. The van der Waals surface area contributed by atoms with Crippen LogP contribution in [0.2, 0.25) is 0 Å². The van der Waals surface area contributed by atoms with Gasteiger partial charge in [-0.15, -0.1) is 0 Å². The highest BCUT2D eigenvalue weighted by molar-refractivity contribution is 7.92. The lowest BCUT2D eigenvalue weighted by atomic mass is 9.70. The molecule has 10 nitrogen and oxygen atoms in total. The van der Waals surface area contributed by atoms with Crippen LogP contribution in [0.15, 0.2) is 35.2 Å². The Balaban J connectivity index is 1.80. The molecule has 3 aliphatic rings. The second-order valence-corrected chi connectivity index (χ2v) is 12.3. The number of sulfone groups is 1. The van der Waals surface area contributed by atoms with Gasteiger partial charge in [0.25, 0.3) is 0 Å². The number of primary amides is 1. The number of nitrogens with zero attached hydrogens (tertiary/aromatic N) is 2. The number of ether oxygens (including phenoxy) is 1. The van der Waals surface area contributed by atoms with Crippen molar-refractivity contribution in [1.82, 2.24) is 4.90 Å². The van der Waals surface area contributed by atoms with E-state index in [1.165, 1.54) is 17.0 Å². The van der Waals surface area contributed by atoms with Crippen LogP contribution in [0.25, 0.3) is 0 Å². The monoisotopic (exact) mass is 503 g/mol. The third-order valence-electron chi connectivity index (χ3n) is 7.85. The minimum Gasteiger partial charge on any atom is -0.481 e. The van der Waals surface area contributed by atoms with E-state index in [1.54, 1.807) is 32.0 Å². The molecule has 4 rings (SSSR count). The van der Waals surface area contributed by atoms with Gasteiger partial charge in [-0.2, -0.15) is 5.26 Å². The van der Waals surface area contributed by atoms with Crippen LogP contribution in [0.3, 0.4) is 0 Å². The predicted molar refractivity (Wildman–Crippen MR) is 122 cm³/mol. The summed E-state index contributed by atoms with van der Waals surface area (Å²) in [7, 11) is -3.99. The van der Waals surface area contributed by atoms with Crippen molar-refractivity contribution in [1.29, 1.82) is 5.26 Å². The molecule has 2 unspecified atom stereocenters. The number of carboxylic acid groups (broad SMARTS) is 1.